The lowest BCUT2D eigenvalue weighted by Gasteiger charge is -2.29. The van der Waals surface area contributed by atoms with Crippen LogP contribution >= 0.6 is 11.3 Å². The Balaban J connectivity index is 1.13. The van der Waals surface area contributed by atoms with Crippen LogP contribution < -0.4 is 10.6 Å². The monoisotopic (exact) mass is 629 g/mol. The molecule has 0 saturated carbocycles. The summed E-state index contributed by atoms with van der Waals surface area (Å²) in [5, 5.41) is 7.09. The number of carbonyl (C=O) groups is 3. The highest BCUT2D eigenvalue weighted by atomic mass is 32.1. The number of aromatic amines is 2. The number of H-pyrrole nitrogens is 2. The van der Waals surface area contributed by atoms with Crippen LogP contribution in [0.15, 0.2) is 42.2 Å². The minimum Gasteiger partial charge on any atom is -0.346 e. The molecule has 0 aliphatic carbocycles. The van der Waals surface area contributed by atoms with E-state index in [2.05, 4.69) is 30.6 Å². The molecule has 12 nitrogen and oxygen atoms in total. The zero-order chi connectivity index (χ0) is 31.7. The van der Waals surface area contributed by atoms with E-state index in [1.807, 2.05) is 61.2 Å². The first-order valence-corrected chi connectivity index (χ1v) is 16.3. The highest BCUT2D eigenvalue weighted by Gasteiger charge is 2.36. The van der Waals surface area contributed by atoms with Gasteiger partial charge in [-0.3, -0.25) is 14.4 Å². The predicted molar refractivity (Wildman–Crippen MR) is 172 cm³/mol. The van der Waals surface area contributed by atoms with Crippen molar-refractivity contribution < 1.29 is 14.4 Å². The van der Waals surface area contributed by atoms with E-state index >= 15 is 0 Å². The molecule has 2 saturated heterocycles. The Kier molecular flexibility index (Phi) is 8.81. The number of hydrogen-bond acceptors (Lipinski definition) is 9. The van der Waals surface area contributed by atoms with Gasteiger partial charge in [-0.15, -0.1) is 11.3 Å². The lowest BCUT2D eigenvalue weighted by atomic mass is 10.0. The molecule has 0 radical (unpaired) electrons. The van der Waals surface area contributed by atoms with E-state index in [-0.39, 0.29) is 47.3 Å². The maximum Gasteiger partial charge on any atom is 0.240 e. The Morgan fingerprint density at radius 2 is 1.62 bits per heavy atom. The van der Waals surface area contributed by atoms with Crippen molar-refractivity contribution in [3.63, 3.8) is 0 Å². The molecule has 0 unspecified atom stereocenters. The van der Waals surface area contributed by atoms with Gasteiger partial charge in [0.2, 0.25) is 17.6 Å². The average Bonchev–Trinajstić information content (AvgIpc) is 3.86. The normalized spacial score (nSPS) is 19.0. The summed E-state index contributed by atoms with van der Waals surface area (Å²) in [6, 6.07) is 7.32. The van der Waals surface area contributed by atoms with Crippen molar-refractivity contribution in [2.75, 3.05) is 25.5 Å². The highest BCUT2D eigenvalue weighted by Crippen LogP contribution is 2.34. The van der Waals surface area contributed by atoms with Crippen LogP contribution in [0.1, 0.15) is 86.4 Å². The second-order valence-corrected chi connectivity index (χ2v) is 12.8. The third-order valence-electron chi connectivity index (χ3n) is 8.72. The molecular formula is C32H39N9O3S. The van der Waals surface area contributed by atoms with E-state index in [1.165, 1.54) is 11.3 Å². The van der Waals surface area contributed by atoms with E-state index in [0.29, 0.717) is 23.1 Å². The number of rotatable bonds is 10. The van der Waals surface area contributed by atoms with E-state index in [4.69, 9.17) is 4.98 Å². The maximum absolute atomic E-state index is 13.5. The summed E-state index contributed by atoms with van der Waals surface area (Å²) in [5.41, 5.74) is 4.75. The fraction of sp³-hybridized carbons (Fsp3) is 0.438. The van der Waals surface area contributed by atoms with Crippen molar-refractivity contribution in [3.8, 4) is 11.3 Å². The number of imidazole rings is 2. The standard InChI is InChI=1S/C32H39N9O3S/c1-18(2)26(33-4)32(44)41-14-6-8-25(41)30-35-16-23(39-30)28(43)27-31(45-17-36-27)37-21-11-9-20(10-12-21)22-15-34-29(38-22)24-7-5-13-40(24)19(3)42/h9-12,15-18,24-26,33,37H,5-8,13-14H2,1-4H3,(H,34,38)(H,35,39)/t24-,25-,26-/m0/s1. The van der Waals surface area contributed by atoms with E-state index in [9.17, 15) is 14.4 Å². The summed E-state index contributed by atoms with van der Waals surface area (Å²) in [6.45, 7) is 7.08. The van der Waals surface area contributed by atoms with E-state index < -0.39 is 0 Å². The molecule has 45 heavy (non-hydrogen) atoms. The first-order valence-electron chi connectivity index (χ1n) is 15.5. The molecule has 6 rings (SSSR count). The largest absolute Gasteiger partial charge is 0.346 e. The number of benzene rings is 1. The molecule has 2 fully saturated rings. The molecule has 236 valence electrons. The molecule has 2 aliphatic rings. The summed E-state index contributed by atoms with van der Waals surface area (Å²) < 4.78 is 0. The highest BCUT2D eigenvalue weighted by molar-refractivity contribution is 7.14. The van der Waals surface area contributed by atoms with Gasteiger partial charge >= 0.3 is 0 Å². The molecule has 5 heterocycles. The van der Waals surface area contributed by atoms with Crippen molar-refractivity contribution in [2.45, 2.75) is 64.6 Å². The number of aromatic nitrogens is 5. The van der Waals surface area contributed by atoms with Crippen LogP contribution in [0.5, 0.6) is 0 Å². The Labute approximate surface area is 266 Å². The number of thiazole rings is 1. The number of ketones is 1. The molecule has 3 aromatic heterocycles. The summed E-state index contributed by atoms with van der Waals surface area (Å²) in [7, 11) is 1.81. The third kappa shape index (κ3) is 6.14. The Morgan fingerprint density at radius 3 is 2.31 bits per heavy atom. The molecule has 2 amide bonds. The number of carbonyl (C=O) groups excluding carboxylic acids is 3. The lowest BCUT2D eigenvalue weighted by molar-refractivity contribution is -0.135. The van der Waals surface area contributed by atoms with Crippen molar-refractivity contribution in [3.05, 3.63) is 65.2 Å². The van der Waals surface area contributed by atoms with Gasteiger partial charge in [-0.1, -0.05) is 26.0 Å². The molecule has 0 bridgehead atoms. The van der Waals surface area contributed by atoms with Crippen LogP contribution in [0.3, 0.4) is 0 Å². The van der Waals surface area contributed by atoms with Crippen molar-refractivity contribution >= 4 is 39.6 Å². The van der Waals surface area contributed by atoms with Crippen molar-refractivity contribution in [1.29, 1.82) is 0 Å². The number of likely N-dealkylation sites (N-methyl/N-ethyl adjacent to an activating group) is 1. The average molecular weight is 630 g/mol. The zero-order valence-electron chi connectivity index (χ0n) is 26.0. The number of nitrogens with one attached hydrogen (secondary N) is 4. The number of nitrogens with zero attached hydrogens (tertiary/aromatic N) is 5. The van der Waals surface area contributed by atoms with Crippen LogP contribution in [0.4, 0.5) is 10.7 Å². The maximum atomic E-state index is 13.5. The minimum atomic E-state index is -0.292. The second-order valence-electron chi connectivity index (χ2n) is 12.0. The quantitative estimate of drug-likeness (QED) is 0.182. The first kappa shape index (κ1) is 30.7. The van der Waals surface area contributed by atoms with Gasteiger partial charge in [0.05, 0.1) is 29.3 Å². The van der Waals surface area contributed by atoms with Crippen molar-refractivity contribution in [2.24, 2.45) is 5.92 Å². The van der Waals surface area contributed by atoms with Gasteiger partial charge < -0.3 is 30.4 Å². The Bertz CT molecular complexity index is 1670. The molecule has 2 aliphatic heterocycles. The number of hydrogen-bond donors (Lipinski definition) is 4. The van der Waals surface area contributed by atoms with Gasteiger partial charge in [-0.05, 0) is 50.8 Å². The van der Waals surface area contributed by atoms with E-state index in [1.54, 1.807) is 18.6 Å². The van der Waals surface area contributed by atoms with Gasteiger partial charge in [0.1, 0.15) is 28.0 Å². The van der Waals surface area contributed by atoms with Gasteiger partial charge in [0.25, 0.3) is 0 Å². The number of likely N-dealkylation sites (tertiary alicyclic amines) is 2. The van der Waals surface area contributed by atoms with Crippen LogP contribution in [-0.2, 0) is 9.59 Å². The number of amides is 2. The molecule has 0 spiro atoms. The molecular weight excluding hydrogens is 590 g/mol. The minimum absolute atomic E-state index is 0.0137. The molecule has 13 heteroatoms. The predicted octanol–water partition coefficient (Wildman–Crippen LogP) is 4.82. The van der Waals surface area contributed by atoms with Crippen molar-refractivity contribution in [1.82, 2.24) is 40.0 Å². The fourth-order valence-corrected chi connectivity index (χ4v) is 7.11. The van der Waals surface area contributed by atoms with Crippen LogP contribution in [0, 0.1) is 5.92 Å². The molecule has 1 aromatic carbocycles. The van der Waals surface area contributed by atoms with Crippen LogP contribution in [0.25, 0.3) is 11.3 Å². The smallest absolute Gasteiger partial charge is 0.240 e. The third-order valence-corrected chi connectivity index (χ3v) is 9.46. The van der Waals surface area contributed by atoms with Crippen LogP contribution in [-0.4, -0.2) is 78.5 Å². The first-order chi connectivity index (χ1) is 21.7. The summed E-state index contributed by atoms with van der Waals surface area (Å²) in [5.74, 6) is 1.41. The van der Waals surface area contributed by atoms with Gasteiger partial charge in [0, 0.05) is 43.7 Å². The molecule has 4 N–H and O–H groups in total. The molecule has 4 aromatic rings. The summed E-state index contributed by atoms with van der Waals surface area (Å²) in [6.07, 6.45) is 7.02. The fourth-order valence-electron chi connectivity index (χ4n) is 6.42. The van der Waals surface area contributed by atoms with Gasteiger partial charge in [-0.25, -0.2) is 15.0 Å². The summed E-state index contributed by atoms with van der Waals surface area (Å²) >= 11 is 1.34. The van der Waals surface area contributed by atoms with E-state index in [0.717, 1.165) is 55.0 Å². The summed E-state index contributed by atoms with van der Waals surface area (Å²) in [4.78, 5) is 62.7. The lowest BCUT2D eigenvalue weighted by Crippen LogP contribution is -2.47. The Morgan fingerprint density at radius 1 is 0.956 bits per heavy atom. The van der Waals surface area contributed by atoms with Gasteiger partial charge in [0.15, 0.2) is 0 Å². The SMILES string of the molecule is CN[C@H](C(=O)N1CCC[C@H]1c1nc(C(=O)c2ncsc2Nc2ccc(-c3c[nH]c([C@@H]4CCCN4C(C)=O)n3)cc2)c[nH]1)C(C)C. The zero-order valence-corrected chi connectivity index (χ0v) is 26.8. The Hall–Kier alpha value is -4.36. The number of anilines is 2. The molecule has 3 atom stereocenters. The van der Waals surface area contributed by atoms with Gasteiger partial charge in [-0.2, -0.15) is 0 Å². The second kappa shape index (κ2) is 12.9. The van der Waals surface area contributed by atoms with Crippen LogP contribution in [0.2, 0.25) is 0 Å². The topological polar surface area (TPSA) is 152 Å².